The van der Waals surface area contributed by atoms with E-state index in [0.717, 1.165) is 25.0 Å². The number of benzene rings is 1. The second-order valence-electron chi connectivity index (χ2n) is 4.97. The van der Waals surface area contributed by atoms with Gasteiger partial charge in [-0.05, 0) is 30.5 Å². The van der Waals surface area contributed by atoms with Gasteiger partial charge in [0.25, 0.3) is 0 Å². The van der Waals surface area contributed by atoms with Crippen molar-refractivity contribution in [3.8, 4) is 0 Å². The highest BCUT2D eigenvalue weighted by Crippen LogP contribution is 2.39. The van der Waals surface area contributed by atoms with Gasteiger partial charge in [-0.1, -0.05) is 25.0 Å². The van der Waals surface area contributed by atoms with E-state index in [4.69, 9.17) is 4.74 Å². The second kappa shape index (κ2) is 5.13. The minimum atomic E-state index is -4.35. The molecule has 1 aliphatic carbocycles. The molecule has 1 saturated carbocycles. The Morgan fingerprint density at radius 3 is 2.37 bits per heavy atom. The Kier molecular flexibility index (Phi) is 3.87. The maximum Gasteiger partial charge on any atom is 0.416 e. The van der Waals surface area contributed by atoms with Gasteiger partial charge in [-0.3, -0.25) is 0 Å². The minimum Gasteiger partial charge on any atom is -0.382 e. The molecule has 0 aliphatic heterocycles. The van der Waals surface area contributed by atoms with Crippen LogP contribution in [0, 0.1) is 0 Å². The molecule has 0 heterocycles. The third-order valence-electron chi connectivity index (χ3n) is 3.80. The third-order valence-corrected chi connectivity index (χ3v) is 3.80. The molecule has 0 saturated heterocycles. The summed E-state index contributed by atoms with van der Waals surface area (Å²) in [5.41, 5.74) is -1.39. The van der Waals surface area contributed by atoms with Crippen molar-refractivity contribution in [1.82, 2.24) is 0 Å². The molecule has 5 heteroatoms. The minimum absolute atomic E-state index is 0.363. The summed E-state index contributed by atoms with van der Waals surface area (Å²) in [6.45, 7) is 0. The van der Waals surface area contributed by atoms with Gasteiger partial charge >= 0.3 is 6.18 Å². The molecule has 1 N–H and O–H groups in total. The Morgan fingerprint density at radius 1 is 1.21 bits per heavy atom. The second-order valence-corrected chi connectivity index (χ2v) is 4.97. The van der Waals surface area contributed by atoms with Crippen LogP contribution in [0.2, 0.25) is 0 Å². The summed E-state index contributed by atoms with van der Waals surface area (Å²) in [4.78, 5) is 0. The van der Waals surface area contributed by atoms with E-state index in [1.807, 2.05) is 0 Å². The van der Waals surface area contributed by atoms with Crippen molar-refractivity contribution < 1.29 is 23.0 Å². The highest BCUT2D eigenvalue weighted by molar-refractivity contribution is 5.30. The molecule has 0 amide bonds. The van der Waals surface area contributed by atoms with Gasteiger partial charge in [0.1, 0.15) is 5.60 Å². The molecule has 0 aromatic heterocycles. The molecule has 0 spiro atoms. The van der Waals surface area contributed by atoms with E-state index in [9.17, 15) is 18.3 Å². The van der Waals surface area contributed by atoms with Gasteiger partial charge in [-0.2, -0.15) is 13.2 Å². The fourth-order valence-electron chi connectivity index (χ4n) is 2.71. The maximum atomic E-state index is 12.5. The predicted octanol–water partition coefficient (Wildman–Crippen LogP) is 3.48. The van der Waals surface area contributed by atoms with Crippen LogP contribution in [0.1, 0.15) is 36.8 Å². The quantitative estimate of drug-likeness (QED) is 0.894. The lowest BCUT2D eigenvalue weighted by molar-refractivity contribution is -0.138. The lowest BCUT2D eigenvalue weighted by atomic mass is 9.77. The maximum absolute atomic E-state index is 12.5. The van der Waals surface area contributed by atoms with Crippen LogP contribution < -0.4 is 0 Å². The van der Waals surface area contributed by atoms with Gasteiger partial charge in [0.2, 0.25) is 0 Å². The molecule has 1 fully saturated rings. The topological polar surface area (TPSA) is 29.5 Å². The first-order valence-corrected chi connectivity index (χ1v) is 6.31. The summed E-state index contributed by atoms with van der Waals surface area (Å²) in [7, 11) is 1.52. The molecule has 0 bridgehead atoms. The van der Waals surface area contributed by atoms with Gasteiger partial charge < -0.3 is 9.84 Å². The number of methoxy groups -OCH3 is 1. The van der Waals surface area contributed by atoms with Crippen molar-refractivity contribution in [2.24, 2.45) is 0 Å². The predicted molar refractivity (Wildman–Crippen MR) is 64.6 cm³/mol. The number of aliphatic hydroxyl groups is 1. The smallest absolute Gasteiger partial charge is 0.382 e. The van der Waals surface area contributed by atoms with Crippen LogP contribution in [0.5, 0.6) is 0 Å². The van der Waals surface area contributed by atoms with E-state index in [1.165, 1.54) is 19.2 Å². The number of rotatable bonds is 2. The van der Waals surface area contributed by atoms with Crippen molar-refractivity contribution in [3.05, 3.63) is 35.4 Å². The lowest BCUT2D eigenvalue weighted by Gasteiger charge is -2.39. The number of ether oxygens (including phenoxy) is 1. The van der Waals surface area contributed by atoms with Crippen molar-refractivity contribution in [2.45, 2.75) is 43.6 Å². The SMILES string of the molecule is COC1CCCCC1(O)c1ccc(C(F)(F)F)cc1. The third kappa shape index (κ3) is 2.77. The Labute approximate surface area is 110 Å². The molecule has 1 aliphatic rings. The number of hydrogen-bond acceptors (Lipinski definition) is 2. The van der Waals surface area contributed by atoms with Crippen LogP contribution in [-0.2, 0) is 16.5 Å². The molecular formula is C14H17F3O2. The fraction of sp³-hybridized carbons (Fsp3) is 0.571. The molecule has 1 aromatic carbocycles. The summed E-state index contributed by atoms with van der Waals surface area (Å²) in [6.07, 6.45) is -1.68. The van der Waals surface area contributed by atoms with E-state index in [-0.39, 0.29) is 6.10 Å². The van der Waals surface area contributed by atoms with Crippen LogP contribution in [0.3, 0.4) is 0 Å². The monoisotopic (exact) mass is 274 g/mol. The molecule has 19 heavy (non-hydrogen) atoms. The molecule has 2 atom stereocenters. The van der Waals surface area contributed by atoms with Crippen LogP contribution in [0.15, 0.2) is 24.3 Å². The molecule has 2 unspecified atom stereocenters. The number of alkyl halides is 3. The molecule has 2 nitrogen and oxygen atoms in total. The zero-order chi connectivity index (χ0) is 14.1. The van der Waals surface area contributed by atoms with Gasteiger partial charge in [0.05, 0.1) is 11.7 Å². The zero-order valence-corrected chi connectivity index (χ0v) is 10.7. The average Bonchev–Trinajstić information content (AvgIpc) is 2.38. The van der Waals surface area contributed by atoms with E-state index in [0.29, 0.717) is 18.4 Å². The molecule has 106 valence electrons. The molecule has 2 rings (SSSR count). The Morgan fingerprint density at radius 2 is 1.84 bits per heavy atom. The largest absolute Gasteiger partial charge is 0.416 e. The van der Waals surface area contributed by atoms with Gasteiger partial charge in [-0.15, -0.1) is 0 Å². The van der Waals surface area contributed by atoms with E-state index >= 15 is 0 Å². The molecule has 1 aromatic rings. The average molecular weight is 274 g/mol. The fourth-order valence-corrected chi connectivity index (χ4v) is 2.71. The van der Waals surface area contributed by atoms with Crippen LogP contribution in [0.25, 0.3) is 0 Å². The number of hydrogen-bond donors (Lipinski definition) is 1. The lowest BCUT2D eigenvalue weighted by Crippen LogP contribution is -2.43. The summed E-state index contributed by atoms with van der Waals surface area (Å²) < 4.78 is 42.8. The first kappa shape index (κ1) is 14.3. The van der Waals surface area contributed by atoms with Gasteiger partial charge in [0.15, 0.2) is 0 Å². The van der Waals surface area contributed by atoms with Crippen LogP contribution in [-0.4, -0.2) is 18.3 Å². The van der Waals surface area contributed by atoms with Gasteiger partial charge in [0, 0.05) is 7.11 Å². The Balaban J connectivity index is 2.30. The highest BCUT2D eigenvalue weighted by atomic mass is 19.4. The number of halogens is 3. The standard InChI is InChI=1S/C14H17F3O2/c1-19-12-4-2-3-9-13(12,18)10-5-7-11(8-6-10)14(15,16)17/h5-8,12,18H,2-4,9H2,1H3. The van der Waals surface area contributed by atoms with Crippen molar-refractivity contribution in [1.29, 1.82) is 0 Å². The van der Waals surface area contributed by atoms with Crippen molar-refractivity contribution in [3.63, 3.8) is 0 Å². The summed E-state index contributed by atoms with van der Waals surface area (Å²) in [6, 6.07) is 4.71. The van der Waals surface area contributed by atoms with E-state index in [1.54, 1.807) is 0 Å². The van der Waals surface area contributed by atoms with Crippen molar-refractivity contribution in [2.75, 3.05) is 7.11 Å². The van der Waals surface area contributed by atoms with E-state index < -0.39 is 17.3 Å². The highest BCUT2D eigenvalue weighted by Gasteiger charge is 2.41. The van der Waals surface area contributed by atoms with Crippen molar-refractivity contribution >= 4 is 0 Å². The van der Waals surface area contributed by atoms with E-state index in [2.05, 4.69) is 0 Å². The summed E-state index contributed by atoms with van der Waals surface area (Å²) in [5, 5.41) is 10.7. The first-order chi connectivity index (χ1) is 8.88. The van der Waals surface area contributed by atoms with Crippen LogP contribution >= 0.6 is 0 Å². The normalized spacial score (nSPS) is 28.4. The molecule has 0 radical (unpaired) electrons. The molecular weight excluding hydrogens is 257 g/mol. The van der Waals surface area contributed by atoms with Crippen LogP contribution in [0.4, 0.5) is 13.2 Å². The first-order valence-electron chi connectivity index (χ1n) is 6.31. The Hall–Kier alpha value is -1.07. The van der Waals surface area contributed by atoms with Gasteiger partial charge in [-0.25, -0.2) is 0 Å². The summed E-state index contributed by atoms with van der Waals surface area (Å²) >= 11 is 0. The Bertz CT molecular complexity index is 427. The zero-order valence-electron chi connectivity index (χ0n) is 10.7. The summed E-state index contributed by atoms with van der Waals surface area (Å²) in [5.74, 6) is 0.